The SMILES string of the molecule is CO[Si]1(C)O[SiH2]O[Si](CCCNCCOP(=O)(O)OCC[N+](C)(C)C)(OC)O1. The van der Waals surface area contributed by atoms with Gasteiger partial charge in [-0.2, -0.15) is 0 Å². The highest BCUT2D eigenvalue weighted by molar-refractivity contribution is 7.47. The molecular formula is C13H36N2O9PSi3+. The average molecular weight is 480 g/mol. The number of hydrogen-bond acceptors (Lipinski definition) is 9. The van der Waals surface area contributed by atoms with E-state index in [2.05, 4.69) is 5.32 Å². The van der Waals surface area contributed by atoms with Gasteiger partial charge in [0.2, 0.25) is 0 Å². The van der Waals surface area contributed by atoms with Gasteiger partial charge in [-0.3, -0.25) is 9.05 Å². The summed E-state index contributed by atoms with van der Waals surface area (Å²) in [7, 11) is -1.46. The first-order chi connectivity index (χ1) is 12.9. The molecule has 1 rings (SSSR count). The number of phosphoric acid groups is 1. The number of phosphoric ester groups is 1. The van der Waals surface area contributed by atoms with Gasteiger partial charge in [0.05, 0.1) is 27.7 Å². The van der Waals surface area contributed by atoms with Crippen LogP contribution in [-0.4, -0.2) is 105 Å². The molecule has 1 fully saturated rings. The van der Waals surface area contributed by atoms with Crippen molar-refractivity contribution in [2.45, 2.75) is 19.0 Å². The van der Waals surface area contributed by atoms with Crippen molar-refractivity contribution in [2.75, 3.05) is 68.2 Å². The molecule has 1 heterocycles. The highest BCUT2D eigenvalue weighted by Crippen LogP contribution is 2.42. The van der Waals surface area contributed by atoms with Crippen molar-refractivity contribution in [1.29, 1.82) is 0 Å². The zero-order valence-electron chi connectivity index (χ0n) is 17.8. The molecule has 1 aliphatic heterocycles. The second-order valence-corrected chi connectivity index (χ2v) is 16.7. The summed E-state index contributed by atoms with van der Waals surface area (Å²) < 4.78 is 50.6. The number of likely N-dealkylation sites (N-methyl/N-ethyl adjacent to an activating group) is 1. The largest absolute Gasteiger partial charge is 0.484 e. The maximum Gasteiger partial charge on any atom is 0.484 e. The molecule has 0 bridgehead atoms. The Bertz CT molecular complexity index is 516. The number of nitrogens with one attached hydrogen (secondary N) is 1. The second-order valence-electron chi connectivity index (χ2n) is 7.46. The zero-order chi connectivity index (χ0) is 21.3. The Morgan fingerprint density at radius 1 is 1.11 bits per heavy atom. The number of hydrogen-bond donors (Lipinski definition) is 2. The Labute approximate surface area is 172 Å². The van der Waals surface area contributed by atoms with Crippen LogP contribution in [-0.2, 0) is 34.8 Å². The predicted molar refractivity (Wildman–Crippen MR) is 110 cm³/mol. The standard InChI is InChI=1S/C13H35N2O9PSi3/c1-15(2,3)10-12-21-25(16,17)20-11-9-14-8-7-13-28(19-5)23-26-22-27(6,18-4)24-28/h14H,7-13,26H2,1-6H3/p+1. The quantitative estimate of drug-likeness (QED) is 0.149. The van der Waals surface area contributed by atoms with Crippen molar-refractivity contribution in [1.82, 2.24) is 5.32 Å². The molecule has 28 heavy (non-hydrogen) atoms. The van der Waals surface area contributed by atoms with Gasteiger partial charge >= 0.3 is 25.4 Å². The summed E-state index contributed by atoms with van der Waals surface area (Å²) in [4.78, 5) is 9.64. The first kappa shape index (κ1) is 26.5. The lowest BCUT2D eigenvalue weighted by molar-refractivity contribution is -0.870. The van der Waals surface area contributed by atoms with Gasteiger partial charge in [0.1, 0.15) is 13.2 Å². The number of nitrogens with zero attached hydrogens (tertiary/aromatic N) is 1. The van der Waals surface area contributed by atoms with E-state index in [-0.39, 0.29) is 13.2 Å². The van der Waals surface area contributed by atoms with Gasteiger partial charge in [-0.15, -0.1) is 0 Å². The van der Waals surface area contributed by atoms with E-state index in [1.165, 1.54) is 0 Å². The lowest BCUT2D eigenvalue weighted by Crippen LogP contribution is -2.62. The Hall–Kier alpha value is 0.481. The van der Waals surface area contributed by atoms with Gasteiger partial charge in [-0.1, -0.05) is 0 Å². The Kier molecular flexibility index (Phi) is 11.1. The van der Waals surface area contributed by atoms with Crippen molar-refractivity contribution in [3.8, 4) is 0 Å². The highest BCUT2D eigenvalue weighted by atomic mass is 31.2. The molecule has 0 aromatic heterocycles. The molecule has 0 saturated carbocycles. The molecule has 0 aromatic carbocycles. The van der Waals surface area contributed by atoms with Crippen LogP contribution in [0.5, 0.6) is 0 Å². The van der Waals surface area contributed by atoms with E-state index in [0.717, 1.165) is 6.42 Å². The molecule has 168 valence electrons. The zero-order valence-corrected chi connectivity index (χ0v) is 22.1. The van der Waals surface area contributed by atoms with E-state index in [0.29, 0.717) is 30.2 Å². The number of quaternary nitrogens is 1. The van der Waals surface area contributed by atoms with E-state index < -0.39 is 35.4 Å². The minimum atomic E-state index is -4.01. The third-order valence-electron chi connectivity index (χ3n) is 4.01. The lowest BCUT2D eigenvalue weighted by atomic mass is 10.5. The van der Waals surface area contributed by atoms with Crippen LogP contribution < -0.4 is 5.32 Å². The first-order valence-corrected chi connectivity index (χ1v) is 16.0. The minimum absolute atomic E-state index is 0.0768. The summed E-state index contributed by atoms with van der Waals surface area (Å²) in [6, 6.07) is 0.645. The molecule has 15 heteroatoms. The Morgan fingerprint density at radius 3 is 2.39 bits per heavy atom. The van der Waals surface area contributed by atoms with Gasteiger partial charge < -0.3 is 35.9 Å². The molecule has 0 amide bonds. The second kappa shape index (κ2) is 11.8. The Morgan fingerprint density at radius 2 is 1.79 bits per heavy atom. The fourth-order valence-electron chi connectivity index (χ4n) is 2.25. The summed E-state index contributed by atoms with van der Waals surface area (Å²) in [6.45, 7) is 3.78. The monoisotopic (exact) mass is 479 g/mol. The molecule has 0 aromatic rings. The van der Waals surface area contributed by atoms with E-state index in [1.807, 2.05) is 27.7 Å². The van der Waals surface area contributed by atoms with Crippen LogP contribution in [0.2, 0.25) is 12.6 Å². The molecule has 1 saturated heterocycles. The van der Waals surface area contributed by atoms with Crippen molar-refractivity contribution in [2.24, 2.45) is 0 Å². The van der Waals surface area contributed by atoms with Crippen molar-refractivity contribution in [3.05, 3.63) is 0 Å². The van der Waals surface area contributed by atoms with E-state index in [4.69, 9.17) is 30.2 Å². The molecule has 0 radical (unpaired) electrons. The van der Waals surface area contributed by atoms with Crippen molar-refractivity contribution >= 4 is 35.4 Å². The number of rotatable bonds is 14. The predicted octanol–water partition coefficient (Wildman–Crippen LogP) is -0.331. The van der Waals surface area contributed by atoms with Crippen molar-refractivity contribution in [3.63, 3.8) is 0 Å². The van der Waals surface area contributed by atoms with Crippen LogP contribution in [0.3, 0.4) is 0 Å². The van der Waals surface area contributed by atoms with Crippen LogP contribution in [0.15, 0.2) is 0 Å². The molecule has 3 atom stereocenters. The third kappa shape index (κ3) is 10.5. The van der Waals surface area contributed by atoms with Gasteiger partial charge in [-0.25, -0.2) is 4.57 Å². The first-order valence-electron chi connectivity index (χ1n) is 9.16. The van der Waals surface area contributed by atoms with Crippen LogP contribution in [0, 0.1) is 0 Å². The minimum Gasteiger partial charge on any atom is -0.399 e. The normalized spacial score (nSPS) is 29.1. The fraction of sp³-hybridized carbons (Fsp3) is 1.00. The van der Waals surface area contributed by atoms with Gasteiger partial charge in [0, 0.05) is 33.4 Å². The van der Waals surface area contributed by atoms with Crippen LogP contribution >= 0.6 is 7.82 Å². The maximum atomic E-state index is 11.8. The summed E-state index contributed by atoms with van der Waals surface area (Å²) in [5, 5.41) is 3.15. The highest BCUT2D eigenvalue weighted by Gasteiger charge is 2.53. The van der Waals surface area contributed by atoms with Crippen LogP contribution in [0.25, 0.3) is 0 Å². The maximum absolute atomic E-state index is 11.8. The molecule has 11 nitrogen and oxygen atoms in total. The van der Waals surface area contributed by atoms with E-state index in [1.54, 1.807) is 14.2 Å². The average Bonchev–Trinajstić information content (AvgIpc) is 2.59. The lowest BCUT2D eigenvalue weighted by Gasteiger charge is -2.40. The third-order valence-corrected chi connectivity index (χ3v) is 14.9. The van der Waals surface area contributed by atoms with E-state index in [9.17, 15) is 9.46 Å². The summed E-state index contributed by atoms with van der Waals surface area (Å²) in [5.74, 6) is 0. The topological polar surface area (TPSA) is 114 Å². The van der Waals surface area contributed by atoms with Crippen molar-refractivity contribution < 1.29 is 44.2 Å². The molecule has 2 N–H and O–H groups in total. The van der Waals surface area contributed by atoms with E-state index >= 15 is 0 Å². The van der Waals surface area contributed by atoms with Gasteiger partial charge in [0.15, 0.2) is 0 Å². The fourth-order valence-corrected chi connectivity index (χ4v) is 12.5. The molecule has 0 spiro atoms. The summed E-state index contributed by atoms with van der Waals surface area (Å²) in [6.07, 6.45) is 0.763. The Balaban J connectivity index is 2.19. The molecule has 3 unspecified atom stereocenters. The molecule has 1 aliphatic rings. The van der Waals surface area contributed by atoms with Crippen LogP contribution in [0.4, 0.5) is 0 Å². The van der Waals surface area contributed by atoms with Gasteiger partial charge in [0.25, 0.3) is 10.0 Å². The smallest absolute Gasteiger partial charge is 0.399 e. The molecule has 0 aliphatic carbocycles. The summed E-state index contributed by atoms with van der Waals surface area (Å²) in [5.41, 5.74) is 0. The van der Waals surface area contributed by atoms with Crippen LogP contribution in [0.1, 0.15) is 6.42 Å². The van der Waals surface area contributed by atoms with Gasteiger partial charge in [-0.05, 0) is 13.0 Å². The summed E-state index contributed by atoms with van der Waals surface area (Å²) >= 11 is 0. The molecular weight excluding hydrogens is 443 g/mol.